The summed E-state index contributed by atoms with van der Waals surface area (Å²) >= 11 is 0. The number of carbonyl (C=O) groups excluding carboxylic acids is 1. The first-order valence-corrected chi connectivity index (χ1v) is 6.36. The molecule has 0 fully saturated rings. The molecule has 1 aromatic carbocycles. The number of para-hydroxylation sites is 1. The number of amides is 1. The van der Waals surface area contributed by atoms with Gasteiger partial charge in [-0.3, -0.25) is 4.79 Å². The second kappa shape index (κ2) is 7.84. The quantitative estimate of drug-likeness (QED) is 0.691. The Hall–Kier alpha value is -1.39. The molecule has 2 atom stereocenters. The number of nitrogens with one attached hydrogen (secondary N) is 2. The van der Waals surface area contributed by atoms with Gasteiger partial charge in [-0.15, -0.1) is 0 Å². The van der Waals surface area contributed by atoms with Gasteiger partial charge in [0, 0.05) is 18.3 Å². The van der Waals surface area contributed by atoms with Crippen LogP contribution in [-0.4, -0.2) is 29.7 Å². The lowest BCUT2D eigenvalue weighted by Crippen LogP contribution is -2.42. The molecule has 0 saturated heterocycles. The van der Waals surface area contributed by atoms with E-state index in [9.17, 15) is 4.79 Å². The number of benzene rings is 1. The molecule has 0 aromatic heterocycles. The minimum Gasteiger partial charge on any atom is -0.396 e. The van der Waals surface area contributed by atoms with Crippen molar-refractivity contribution in [2.24, 2.45) is 0 Å². The minimum atomic E-state index is -0.251. The SMILES string of the molecule is CC(CCCO)NC(C)C(=O)Nc1ccccc1. The lowest BCUT2D eigenvalue weighted by Gasteiger charge is -2.19. The van der Waals surface area contributed by atoms with E-state index in [1.807, 2.05) is 44.2 Å². The molecule has 1 aromatic rings. The molecule has 1 amide bonds. The minimum absolute atomic E-state index is 0.0444. The Labute approximate surface area is 108 Å². The van der Waals surface area contributed by atoms with Crippen molar-refractivity contribution in [1.82, 2.24) is 5.32 Å². The molecule has 2 unspecified atom stereocenters. The van der Waals surface area contributed by atoms with Gasteiger partial charge in [0.15, 0.2) is 0 Å². The van der Waals surface area contributed by atoms with Crippen LogP contribution in [0.25, 0.3) is 0 Å². The Morgan fingerprint density at radius 1 is 1.28 bits per heavy atom. The van der Waals surface area contributed by atoms with E-state index in [1.165, 1.54) is 0 Å². The first-order chi connectivity index (χ1) is 8.63. The van der Waals surface area contributed by atoms with Gasteiger partial charge in [-0.1, -0.05) is 18.2 Å². The average Bonchev–Trinajstić information content (AvgIpc) is 2.37. The van der Waals surface area contributed by atoms with Crippen molar-refractivity contribution in [3.8, 4) is 0 Å². The van der Waals surface area contributed by atoms with E-state index in [4.69, 9.17) is 5.11 Å². The molecule has 3 N–H and O–H groups in total. The summed E-state index contributed by atoms with van der Waals surface area (Å²) in [6.45, 7) is 4.05. The number of carbonyl (C=O) groups is 1. The van der Waals surface area contributed by atoms with Crippen molar-refractivity contribution >= 4 is 11.6 Å². The van der Waals surface area contributed by atoms with Gasteiger partial charge in [-0.25, -0.2) is 0 Å². The molecular weight excluding hydrogens is 228 g/mol. The van der Waals surface area contributed by atoms with Gasteiger partial charge in [0.2, 0.25) is 5.91 Å². The molecular formula is C14H22N2O2. The maximum absolute atomic E-state index is 11.9. The van der Waals surface area contributed by atoms with E-state index in [-0.39, 0.29) is 24.6 Å². The topological polar surface area (TPSA) is 61.4 Å². The highest BCUT2D eigenvalue weighted by molar-refractivity contribution is 5.94. The summed E-state index contributed by atoms with van der Waals surface area (Å²) in [5.74, 6) is -0.0444. The summed E-state index contributed by atoms with van der Waals surface area (Å²) in [4.78, 5) is 11.9. The maximum atomic E-state index is 11.9. The number of anilines is 1. The Balaban J connectivity index is 2.37. The standard InChI is InChI=1S/C14H22N2O2/c1-11(7-6-10-17)15-12(2)14(18)16-13-8-4-3-5-9-13/h3-5,8-9,11-12,15,17H,6-7,10H2,1-2H3,(H,16,18). The third-order valence-corrected chi connectivity index (χ3v) is 2.76. The van der Waals surface area contributed by atoms with Crippen molar-refractivity contribution < 1.29 is 9.90 Å². The number of aliphatic hydroxyl groups excluding tert-OH is 1. The largest absolute Gasteiger partial charge is 0.396 e. The Morgan fingerprint density at radius 2 is 1.94 bits per heavy atom. The normalized spacial score (nSPS) is 13.9. The zero-order chi connectivity index (χ0) is 13.4. The number of hydrogen-bond acceptors (Lipinski definition) is 3. The predicted molar refractivity (Wildman–Crippen MR) is 73.5 cm³/mol. The van der Waals surface area contributed by atoms with E-state index in [0.29, 0.717) is 0 Å². The van der Waals surface area contributed by atoms with Gasteiger partial charge in [0.25, 0.3) is 0 Å². The molecule has 0 saturated carbocycles. The van der Waals surface area contributed by atoms with Crippen LogP contribution in [-0.2, 0) is 4.79 Å². The van der Waals surface area contributed by atoms with Crippen LogP contribution in [0.1, 0.15) is 26.7 Å². The molecule has 0 aliphatic heterocycles. The van der Waals surface area contributed by atoms with Crippen molar-refractivity contribution in [3.05, 3.63) is 30.3 Å². The van der Waals surface area contributed by atoms with E-state index < -0.39 is 0 Å². The fourth-order valence-corrected chi connectivity index (χ4v) is 1.76. The van der Waals surface area contributed by atoms with E-state index in [1.54, 1.807) is 0 Å². The van der Waals surface area contributed by atoms with Gasteiger partial charge in [0.05, 0.1) is 6.04 Å². The first-order valence-electron chi connectivity index (χ1n) is 6.36. The van der Waals surface area contributed by atoms with Crippen molar-refractivity contribution in [2.75, 3.05) is 11.9 Å². The second-order valence-corrected chi connectivity index (χ2v) is 4.51. The zero-order valence-electron chi connectivity index (χ0n) is 11.0. The average molecular weight is 250 g/mol. The highest BCUT2D eigenvalue weighted by Crippen LogP contribution is 2.06. The highest BCUT2D eigenvalue weighted by atomic mass is 16.2. The molecule has 18 heavy (non-hydrogen) atoms. The fraction of sp³-hybridized carbons (Fsp3) is 0.500. The fourth-order valence-electron chi connectivity index (χ4n) is 1.76. The summed E-state index contributed by atoms with van der Waals surface area (Å²) in [5.41, 5.74) is 0.805. The third-order valence-electron chi connectivity index (χ3n) is 2.76. The molecule has 0 spiro atoms. The lowest BCUT2D eigenvalue weighted by molar-refractivity contribution is -0.117. The van der Waals surface area contributed by atoms with Crippen LogP contribution in [0, 0.1) is 0 Å². The Kier molecular flexibility index (Phi) is 6.39. The van der Waals surface area contributed by atoms with E-state index in [2.05, 4.69) is 10.6 Å². The predicted octanol–water partition coefficient (Wildman–Crippen LogP) is 1.76. The van der Waals surface area contributed by atoms with Crippen LogP contribution < -0.4 is 10.6 Å². The third kappa shape index (κ3) is 5.29. The van der Waals surface area contributed by atoms with Crippen LogP contribution in [0.2, 0.25) is 0 Å². The summed E-state index contributed by atoms with van der Waals surface area (Å²) in [7, 11) is 0. The smallest absolute Gasteiger partial charge is 0.241 e. The number of rotatable bonds is 7. The van der Waals surface area contributed by atoms with Crippen LogP contribution in [0.3, 0.4) is 0 Å². The van der Waals surface area contributed by atoms with E-state index in [0.717, 1.165) is 18.5 Å². The highest BCUT2D eigenvalue weighted by Gasteiger charge is 2.14. The van der Waals surface area contributed by atoms with Crippen molar-refractivity contribution in [3.63, 3.8) is 0 Å². The van der Waals surface area contributed by atoms with Crippen LogP contribution in [0.15, 0.2) is 30.3 Å². The van der Waals surface area contributed by atoms with Crippen LogP contribution >= 0.6 is 0 Å². The molecule has 100 valence electrons. The Bertz CT molecular complexity index is 354. The van der Waals surface area contributed by atoms with Gasteiger partial charge >= 0.3 is 0 Å². The number of aliphatic hydroxyl groups is 1. The lowest BCUT2D eigenvalue weighted by atomic mass is 10.1. The van der Waals surface area contributed by atoms with E-state index >= 15 is 0 Å². The second-order valence-electron chi connectivity index (χ2n) is 4.51. The van der Waals surface area contributed by atoms with Gasteiger partial charge in [0.1, 0.15) is 0 Å². The first kappa shape index (κ1) is 14.7. The molecule has 0 radical (unpaired) electrons. The summed E-state index contributed by atoms with van der Waals surface area (Å²) < 4.78 is 0. The monoisotopic (exact) mass is 250 g/mol. The van der Waals surface area contributed by atoms with Gasteiger partial charge < -0.3 is 15.7 Å². The molecule has 4 nitrogen and oxygen atoms in total. The summed E-state index contributed by atoms with van der Waals surface area (Å²) in [6, 6.07) is 9.37. The number of hydrogen-bond donors (Lipinski definition) is 3. The van der Waals surface area contributed by atoms with Crippen molar-refractivity contribution in [2.45, 2.75) is 38.8 Å². The molecule has 4 heteroatoms. The van der Waals surface area contributed by atoms with Crippen LogP contribution in [0.5, 0.6) is 0 Å². The van der Waals surface area contributed by atoms with Crippen molar-refractivity contribution in [1.29, 1.82) is 0 Å². The van der Waals surface area contributed by atoms with Crippen LogP contribution in [0.4, 0.5) is 5.69 Å². The molecule has 0 aliphatic carbocycles. The van der Waals surface area contributed by atoms with Gasteiger partial charge in [-0.2, -0.15) is 0 Å². The molecule has 1 rings (SSSR count). The summed E-state index contributed by atoms with van der Waals surface area (Å²) in [5, 5.41) is 14.8. The summed E-state index contributed by atoms with van der Waals surface area (Å²) in [6.07, 6.45) is 1.61. The zero-order valence-corrected chi connectivity index (χ0v) is 11.0. The molecule has 0 bridgehead atoms. The van der Waals surface area contributed by atoms with Gasteiger partial charge in [-0.05, 0) is 38.8 Å². The molecule has 0 aliphatic rings. The Morgan fingerprint density at radius 3 is 2.56 bits per heavy atom. The molecule has 0 heterocycles. The maximum Gasteiger partial charge on any atom is 0.241 e.